The first-order valence-corrected chi connectivity index (χ1v) is 9.46. The predicted molar refractivity (Wildman–Crippen MR) is 113 cm³/mol. The van der Waals surface area contributed by atoms with E-state index in [2.05, 4.69) is 10.3 Å². The highest BCUT2D eigenvalue weighted by atomic mass is 19.4. The fraction of sp³-hybridized carbons (Fsp3) is 0.130. The van der Waals surface area contributed by atoms with Gasteiger partial charge in [0.1, 0.15) is 17.0 Å². The Labute approximate surface area is 175 Å². The van der Waals surface area contributed by atoms with Gasteiger partial charge in [0.15, 0.2) is 17.7 Å². The lowest BCUT2D eigenvalue weighted by Crippen LogP contribution is -2.21. The van der Waals surface area contributed by atoms with Crippen LogP contribution in [-0.2, 0) is 0 Å². The van der Waals surface area contributed by atoms with E-state index in [0.29, 0.717) is 17.2 Å². The SMILES string of the molecule is Cc1cc(OCC(F)(F)F)c2c(=O)cc(Nc3ccccc3)n(-c3ccccc3)c2n1. The second-order valence-corrected chi connectivity index (χ2v) is 6.92. The number of alkyl halides is 3. The fourth-order valence-corrected chi connectivity index (χ4v) is 3.27. The van der Waals surface area contributed by atoms with Crippen LogP contribution in [0.2, 0.25) is 0 Å². The van der Waals surface area contributed by atoms with Crippen molar-refractivity contribution in [3.8, 4) is 11.4 Å². The molecule has 0 aliphatic rings. The van der Waals surface area contributed by atoms with Gasteiger partial charge in [-0.1, -0.05) is 36.4 Å². The number of halogens is 3. The van der Waals surface area contributed by atoms with Crippen LogP contribution in [0.15, 0.2) is 77.6 Å². The Morgan fingerprint density at radius 3 is 2.29 bits per heavy atom. The zero-order valence-electron chi connectivity index (χ0n) is 16.5. The van der Waals surface area contributed by atoms with Crippen molar-refractivity contribution in [2.45, 2.75) is 13.1 Å². The first-order chi connectivity index (χ1) is 14.8. The third-order valence-corrected chi connectivity index (χ3v) is 4.51. The maximum absolute atomic E-state index is 13.0. The van der Waals surface area contributed by atoms with Crippen LogP contribution in [0.3, 0.4) is 0 Å². The topological polar surface area (TPSA) is 56.1 Å². The Morgan fingerprint density at radius 1 is 1.00 bits per heavy atom. The van der Waals surface area contributed by atoms with Gasteiger partial charge in [-0.15, -0.1) is 0 Å². The second kappa shape index (κ2) is 8.14. The molecule has 0 aliphatic carbocycles. The van der Waals surface area contributed by atoms with Crippen molar-refractivity contribution >= 4 is 22.5 Å². The quantitative estimate of drug-likeness (QED) is 0.467. The Hall–Kier alpha value is -3.81. The lowest BCUT2D eigenvalue weighted by Gasteiger charge is -2.19. The van der Waals surface area contributed by atoms with Gasteiger partial charge in [-0.3, -0.25) is 9.36 Å². The minimum Gasteiger partial charge on any atom is -0.483 e. The van der Waals surface area contributed by atoms with Crippen molar-refractivity contribution in [2.24, 2.45) is 0 Å². The summed E-state index contributed by atoms with van der Waals surface area (Å²) in [5.41, 5.74) is 1.56. The van der Waals surface area contributed by atoms with Crippen molar-refractivity contribution in [3.63, 3.8) is 0 Å². The Kier molecular flexibility index (Phi) is 5.37. The number of ether oxygens (including phenoxy) is 1. The van der Waals surface area contributed by atoms with Crippen molar-refractivity contribution in [1.29, 1.82) is 0 Å². The Bertz CT molecular complexity index is 1270. The summed E-state index contributed by atoms with van der Waals surface area (Å²) in [4.78, 5) is 17.5. The first-order valence-electron chi connectivity index (χ1n) is 9.46. The summed E-state index contributed by atoms with van der Waals surface area (Å²) < 4.78 is 45.0. The summed E-state index contributed by atoms with van der Waals surface area (Å²) in [6.07, 6.45) is -4.53. The highest BCUT2D eigenvalue weighted by molar-refractivity contribution is 5.86. The third kappa shape index (κ3) is 4.53. The molecule has 0 saturated heterocycles. The number of hydrogen-bond donors (Lipinski definition) is 1. The number of benzene rings is 2. The smallest absolute Gasteiger partial charge is 0.422 e. The molecule has 158 valence electrons. The Balaban J connectivity index is 1.98. The van der Waals surface area contributed by atoms with Crippen LogP contribution in [0, 0.1) is 6.92 Å². The van der Waals surface area contributed by atoms with E-state index in [1.807, 2.05) is 60.7 Å². The summed E-state index contributed by atoms with van der Waals surface area (Å²) in [5.74, 6) is 0.274. The zero-order chi connectivity index (χ0) is 22.0. The lowest BCUT2D eigenvalue weighted by molar-refractivity contribution is -0.153. The molecule has 4 aromatic rings. The number of aryl methyl sites for hydroxylation is 1. The third-order valence-electron chi connectivity index (χ3n) is 4.51. The molecule has 0 saturated carbocycles. The number of rotatable bonds is 5. The second-order valence-electron chi connectivity index (χ2n) is 6.92. The molecule has 0 aliphatic heterocycles. The van der Waals surface area contributed by atoms with E-state index >= 15 is 0 Å². The largest absolute Gasteiger partial charge is 0.483 e. The number of anilines is 2. The van der Waals surface area contributed by atoms with E-state index in [1.165, 1.54) is 12.1 Å². The van der Waals surface area contributed by atoms with E-state index in [0.717, 1.165) is 5.69 Å². The molecule has 0 spiro atoms. The molecule has 0 atom stereocenters. The number of aromatic nitrogens is 2. The summed E-state index contributed by atoms with van der Waals surface area (Å²) in [7, 11) is 0. The van der Waals surface area contributed by atoms with Crippen LogP contribution < -0.4 is 15.5 Å². The van der Waals surface area contributed by atoms with Gasteiger partial charge in [0.2, 0.25) is 0 Å². The minimum atomic E-state index is -4.53. The van der Waals surface area contributed by atoms with Gasteiger partial charge in [-0.05, 0) is 31.2 Å². The molecule has 0 unspecified atom stereocenters. The molecule has 0 radical (unpaired) electrons. The van der Waals surface area contributed by atoms with Crippen LogP contribution in [-0.4, -0.2) is 22.3 Å². The minimum absolute atomic E-state index is 0.0164. The number of nitrogens with zero attached hydrogens (tertiary/aromatic N) is 2. The molecule has 2 aromatic carbocycles. The average Bonchev–Trinajstić information content (AvgIpc) is 2.72. The normalized spacial score (nSPS) is 11.5. The number of nitrogens with one attached hydrogen (secondary N) is 1. The predicted octanol–water partition coefficient (Wildman–Crippen LogP) is 5.38. The summed E-state index contributed by atoms with van der Waals surface area (Å²) in [5, 5.41) is 3.18. The van der Waals surface area contributed by atoms with Gasteiger partial charge in [-0.25, -0.2) is 4.98 Å². The molecular weight excluding hydrogens is 407 g/mol. The molecule has 0 bridgehead atoms. The summed E-state index contributed by atoms with van der Waals surface area (Å²) >= 11 is 0. The standard InChI is InChI=1S/C23H18F3N3O2/c1-15-12-19(31-14-23(24,25)26)21-18(30)13-20(28-16-8-4-2-5-9-16)29(22(21)27-15)17-10-6-3-7-11-17/h2-13,28H,14H2,1H3. The molecule has 1 N–H and O–H groups in total. The van der Waals surface area contributed by atoms with Gasteiger partial charge in [0, 0.05) is 29.2 Å². The van der Waals surface area contributed by atoms with Crippen molar-refractivity contribution in [3.05, 3.63) is 88.7 Å². The molecule has 4 rings (SSSR count). The van der Waals surface area contributed by atoms with Crippen LogP contribution in [0.5, 0.6) is 5.75 Å². The van der Waals surface area contributed by atoms with Gasteiger partial charge in [0.05, 0.1) is 0 Å². The maximum Gasteiger partial charge on any atom is 0.422 e. The number of pyridine rings is 2. The molecule has 8 heteroatoms. The van der Waals surface area contributed by atoms with Gasteiger partial charge in [-0.2, -0.15) is 13.2 Å². The first kappa shape index (κ1) is 20.5. The highest BCUT2D eigenvalue weighted by Crippen LogP contribution is 2.30. The zero-order valence-corrected chi connectivity index (χ0v) is 16.5. The number of hydrogen-bond acceptors (Lipinski definition) is 4. The molecule has 5 nitrogen and oxygen atoms in total. The number of para-hydroxylation sites is 2. The molecule has 2 aromatic heterocycles. The van der Waals surface area contributed by atoms with Crippen LogP contribution >= 0.6 is 0 Å². The van der Waals surface area contributed by atoms with E-state index in [4.69, 9.17) is 4.74 Å². The van der Waals surface area contributed by atoms with Crippen LogP contribution in [0.4, 0.5) is 24.7 Å². The monoisotopic (exact) mass is 425 g/mol. The molecule has 2 heterocycles. The molecular formula is C23H18F3N3O2. The van der Waals surface area contributed by atoms with Crippen LogP contribution in [0.25, 0.3) is 16.7 Å². The Morgan fingerprint density at radius 2 is 1.65 bits per heavy atom. The van der Waals surface area contributed by atoms with Gasteiger partial charge < -0.3 is 10.1 Å². The average molecular weight is 425 g/mol. The van der Waals surface area contributed by atoms with E-state index in [9.17, 15) is 18.0 Å². The fourth-order valence-electron chi connectivity index (χ4n) is 3.27. The van der Waals surface area contributed by atoms with Crippen molar-refractivity contribution < 1.29 is 17.9 Å². The van der Waals surface area contributed by atoms with Crippen molar-refractivity contribution in [2.75, 3.05) is 11.9 Å². The van der Waals surface area contributed by atoms with E-state index in [1.54, 1.807) is 11.5 Å². The lowest BCUT2D eigenvalue weighted by atomic mass is 10.2. The summed E-state index contributed by atoms with van der Waals surface area (Å²) in [6.45, 7) is 0.136. The molecule has 0 fully saturated rings. The number of fused-ring (bicyclic) bond motifs is 1. The molecule has 31 heavy (non-hydrogen) atoms. The maximum atomic E-state index is 13.0. The van der Waals surface area contributed by atoms with Crippen LogP contribution in [0.1, 0.15) is 5.69 Å². The van der Waals surface area contributed by atoms with Crippen molar-refractivity contribution in [1.82, 2.24) is 9.55 Å². The highest BCUT2D eigenvalue weighted by Gasteiger charge is 2.29. The summed E-state index contributed by atoms with van der Waals surface area (Å²) in [6, 6.07) is 21.0. The van der Waals surface area contributed by atoms with E-state index < -0.39 is 18.2 Å². The molecule has 0 amide bonds. The van der Waals surface area contributed by atoms with E-state index in [-0.39, 0.29) is 16.8 Å². The van der Waals surface area contributed by atoms with Gasteiger partial charge >= 0.3 is 6.18 Å². The van der Waals surface area contributed by atoms with Gasteiger partial charge in [0.25, 0.3) is 0 Å².